The normalized spacial score (nSPS) is 11.9. The van der Waals surface area contributed by atoms with Gasteiger partial charge in [-0.05, 0) is 29.8 Å². The lowest BCUT2D eigenvalue weighted by Crippen LogP contribution is -1.99. The maximum atomic E-state index is 10.4. The Morgan fingerprint density at radius 1 is 1.26 bits per heavy atom. The van der Waals surface area contributed by atoms with E-state index in [2.05, 4.69) is 9.97 Å². The van der Waals surface area contributed by atoms with Crippen LogP contribution in [0.15, 0.2) is 48.9 Å². The van der Waals surface area contributed by atoms with Gasteiger partial charge in [-0.25, -0.2) is 4.98 Å². The second kappa shape index (κ2) is 6.88. The third-order valence-corrected chi connectivity index (χ3v) is 4.83. The summed E-state index contributed by atoms with van der Waals surface area (Å²) in [5.74, 6) is 0. The number of hydrogen-bond acceptors (Lipinski definition) is 5. The molecule has 0 aliphatic rings. The van der Waals surface area contributed by atoms with Crippen molar-refractivity contribution in [2.75, 3.05) is 0 Å². The van der Waals surface area contributed by atoms with E-state index in [-0.39, 0.29) is 0 Å². The van der Waals surface area contributed by atoms with E-state index in [1.165, 1.54) is 11.3 Å². The summed E-state index contributed by atoms with van der Waals surface area (Å²) in [6, 6.07) is 11.0. The summed E-state index contributed by atoms with van der Waals surface area (Å²) in [6.45, 7) is 0. The summed E-state index contributed by atoms with van der Waals surface area (Å²) in [5, 5.41) is 20.4. The Bertz CT molecular complexity index is 858. The number of aromatic nitrogens is 2. The maximum Gasteiger partial charge on any atom is 0.123 e. The molecule has 0 saturated carbocycles. The highest BCUT2D eigenvalue weighted by Crippen LogP contribution is 2.32. The number of rotatable bonds is 4. The van der Waals surface area contributed by atoms with E-state index in [0.29, 0.717) is 17.0 Å². The predicted octanol–water partition coefficient (Wildman–Crippen LogP) is 4.01. The topological polar surface area (TPSA) is 69.8 Å². The quantitative estimate of drug-likeness (QED) is 0.778. The van der Waals surface area contributed by atoms with Crippen molar-refractivity contribution in [1.82, 2.24) is 9.97 Å². The summed E-state index contributed by atoms with van der Waals surface area (Å²) in [6.07, 6.45) is 4.99. The number of halogens is 1. The van der Waals surface area contributed by atoms with Crippen molar-refractivity contribution >= 4 is 22.9 Å². The van der Waals surface area contributed by atoms with Gasteiger partial charge < -0.3 is 5.11 Å². The molecule has 0 aliphatic carbocycles. The van der Waals surface area contributed by atoms with E-state index < -0.39 is 6.10 Å². The first-order valence-electron chi connectivity index (χ1n) is 6.90. The number of thiazole rings is 1. The van der Waals surface area contributed by atoms with E-state index in [1.807, 2.05) is 24.3 Å². The molecular weight excluding hydrogens is 330 g/mol. The van der Waals surface area contributed by atoms with Crippen molar-refractivity contribution in [3.63, 3.8) is 0 Å². The Morgan fingerprint density at radius 2 is 2.04 bits per heavy atom. The Hall–Kier alpha value is -2.26. The Kier molecular flexibility index (Phi) is 4.68. The van der Waals surface area contributed by atoms with Crippen molar-refractivity contribution in [2.24, 2.45) is 0 Å². The lowest BCUT2D eigenvalue weighted by molar-refractivity contribution is 0.182. The van der Waals surface area contributed by atoms with Gasteiger partial charge in [-0.3, -0.25) is 4.98 Å². The third-order valence-electron chi connectivity index (χ3n) is 3.37. The van der Waals surface area contributed by atoms with Crippen LogP contribution in [-0.4, -0.2) is 15.1 Å². The zero-order valence-electron chi connectivity index (χ0n) is 12.0. The average molecular weight is 342 g/mol. The van der Waals surface area contributed by atoms with Gasteiger partial charge in [0.1, 0.15) is 11.1 Å². The fraction of sp³-hybridized carbons (Fsp3) is 0.118. The molecule has 0 saturated heterocycles. The third kappa shape index (κ3) is 3.57. The number of aliphatic hydroxyl groups excluding tert-OH is 1. The van der Waals surface area contributed by atoms with Crippen molar-refractivity contribution in [2.45, 2.75) is 12.5 Å². The predicted molar refractivity (Wildman–Crippen MR) is 90.2 cm³/mol. The van der Waals surface area contributed by atoms with Gasteiger partial charge >= 0.3 is 0 Å². The van der Waals surface area contributed by atoms with Crippen LogP contribution < -0.4 is 0 Å². The van der Waals surface area contributed by atoms with Crippen LogP contribution in [0, 0.1) is 11.3 Å². The Balaban J connectivity index is 1.80. The second-order valence-electron chi connectivity index (χ2n) is 4.95. The standard InChI is InChI=1S/C17H12ClN3OS/c18-14-8-12(1-2-13(14)9-19)17-21-10-16(23-17)15(22)7-11-3-5-20-6-4-11/h1-6,8,10,15,22H,7H2. The van der Waals surface area contributed by atoms with E-state index >= 15 is 0 Å². The molecule has 1 aromatic carbocycles. The smallest absolute Gasteiger partial charge is 0.123 e. The molecule has 1 unspecified atom stereocenters. The molecule has 3 rings (SSSR count). The summed E-state index contributed by atoms with van der Waals surface area (Å²) in [5.41, 5.74) is 2.29. The van der Waals surface area contributed by atoms with Gasteiger partial charge in [0.05, 0.1) is 21.6 Å². The minimum Gasteiger partial charge on any atom is -0.387 e. The fourth-order valence-corrected chi connectivity index (χ4v) is 3.28. The summed E-state index contributed by atoms with van der Waals surface area (Å²) in [4.78, 5) is 9.10. The molecule has 0 fully saturated rings. The molecule has 2 heterocycles. The monoisotopic (exact) mass is 341 g/mol. The lowest BCUT2D eigenvalue weighted by Gasteiger charge is -2.07. The molecule has 1 N–H and O–H groups in total. The SMILES string of the molecule is N#Cc1ccc(-c2ncc(C(O)Cc3ccncc3)s2)cc1Cl. The van der Waals surface area contributed by atoms with Crippen molar-refractivity contribution < 1.29 is 5.11 Å². The number of benzene rings is 1. The molecule has 4 nitrogen and oxygen atoms in total. The van der Waals surface area contributed by atoms with Gasteiger partial charge in [0.15, 0.2) is 0 Å². The second-order valence-corrected chi connectivity index (χ2v) is 6.42. The van der Waals surface area contributed by atoms with Crippen LogP contribution in [0.25, 0.3) is 10.6 Å². The van der Waals surface area contributed by atoms with Crippen molar-refractivity contribution in [3.8, 4) is 16.6 Å². The average Bonchev–Trinajstić information content (AvgIpc) is 3.06. The van der Waals surface area contributed by atoms with Crippen molar-refractivity contribution in [3.05, 3.63) is 69.9 Å². The van der Waals surface area contributed by atoms with Crippen LogP contribution in [0.5, 0.6) is 0 Å². The van der Waals surface area contributed by atoms with Crippen LogP contribution in [0.3, 0.4) is 0 Å². The zero-order chi connectivity index (χ0) is 16.2. The van der Waals surface area contributed by atoms with E-state index in [1.54, 1.807) is 30.7 Å². The fourth-order valence-electron chi connectivity index (χ4n) is 2.16. The van der Waals surface area contributed by atoms with Crippen LogP contribution >= 0.6 is 22.9 Å². The van der Waals surface area contributed by atoms with Crippen molar-refractivity contribution in [1.29, 1.82) is 5.26 Å². The first-order valence-corrected chi connectivity index (χ1v) is 8.09. The largest absolute Gasteiger partial charge is 0.387 e. The Labute approximate surface area is 142 Å². The molecule has 0 radical (unpaired) electrons. The van der Waals surface area contributed by atoms with Gasteiger partial charge in [-0.2, -0.15) is 5.26 Å². The minimum atomic E-state index is -0.613. The molecule has 6 heteroatoms. The minimum absolute atomic E-state index is 0.402. The van der Waals surface area contributed by atoms with Gasteiger partial charge in [0, 0.05) is 30.6 Å². The maximum absolute atomic E-state index is 10.4. The van der Waals surface area contributed by atoms with Gasteiger partial charge in [0.2, 0.25) is 0 Å². The van der Waals surface area contributed by atoms with E-state index in [9.17, 15) is 5.11 Å². The van der Waals surface area contributed by atoms with Crippen LogP contribution in [0.1, 0.15) is 22.1 Å². The highest BCUT2D eigenvalue weighted by atomic mass is 35.5. The molecule has 0 aliphatic heterocycles. The van der Waals surface area contributed by atoms with Crippen LogP contribution in [0.4, 0.5) is 0 Å². The number of nitriles is 1. The van der Waals surface area contributed by atoms with Crippen LogP contribution in [-0.2, 0) is 6.42 Å². The number of nitrogens with zero attached hydrogens (tertiary/aromatic N) is 3. The molecule has 2 aromatic heterocycles. The van der Waals surface area contributed by atoms with E-state index in [4.69, 9.17) is 16.9 Å². The number of hydrogen-bond donors (Lipinski definition) is 1. The molecular formula is C17H12ClN3OS. The van der Waals surface area contributed by atoms with Crippen LogP contribution in [0.2, 0.25) is 5.02 Å². The number of aliphatic hydroxyl groups is 1. The summed E-state index contributed by atoms with van der Waals surface area (Å²) < 4.78 is 0. The van der Waals surface area contributed by atoms with Gasteiger partial charge in [-0.15, -0.1) is 11.3 Å². The molecule has 23 heavy (non-hydrogen) atoms. The first kappa shape index (κ1) is 15.6. The number of pyridine rings is 1. The summed E-state index contributed by atoms with van der Waals surface area (Å²) >= 11 is 7.47. The van der Waals surface area contributed by atoms with E-state index in [0.717, 1.165) is 21.0 Å². The molecule has 0 spiro atoms. The first-order chi connectivity index (χ1) is 11.2. The highest BCUT2D eigenvalue weighted by molar-refractivity contribution is 7.15. The highest BCUT2D eigenvalue weighted by Gasteiger charge is 2.14. The van der Waals surface area contributed by atoms with Gasteiger partial charge in [0.25, 0.3) is 0 Å². The Morgan fingerprint density at radius 3 is 2.74 bits per heavy atom. The molecule has 3 aromatic rings. The lowest BCUT2D eigenvalue weighted by atomic mass is 10.1. The molecule has 0 bridgehead atoms. The molecule has 114 valence electrons. The molecule has 0 amide bonds. The zero-order valence-corrected chi connectivity index (χ0v) is 13.6. The molecule has 1 atom stereocenters. The summed E-state index contributed by atoms with van der Waals surface area (Å²) in [7, 11) is 0. The van der Waals surface area contributed by atoms with Gasteiger partial charge in [-0.1, -0.05) is 17.7 Å².